The Morgan fingerprint density at radius 2 is 1.90 bits per heavy atom. The molecule has 0 atom stereocenters. The fraction of sp³-hybridized carbons (Fsp3) is 0.381. The number of aliphatic carboxylic acids is 1. The highest BCUT2D eigenvalue weighted by Crippen LogP contribution is 2.44. The van der Waals surface area contributed by atoms with E-state index in [1.165, 1.54) is 0 Å². The Hall–Kier alpha value is -2.58. The monoisotopic (exact) mass is 447 g/mol. The minimum atomic E-state index is -0.738. The van der Waals surface area contributed by atoms with Crippen LogP contribution in [0.15, 0.2) is 18.2 Å². The van der Waals surface area contributed by atoms with Crippen LogP contribution < -0.4 is 14.4 Å². The van der Waals surface area contributed by atoms with Gasteiger partial charge in [-0.25, -0.2) is 4.98 Å². The highest BCUT2D eigenvalue weighted by atomic mass is 35.5. The third kappa shape index (κ3) is 3.65. The molecule has 158 valence electrons. The molecule has 0 amide bonds. The maximum absolute atomic E-state index is 11.3. The highest BCUT2D eigenvalue weighted by molar-refractivity contribution is 7.19. The van der Waals surface area contributed by atoms with Gasteiger partial charge in [0.15, 0.2) is 11.5 Å². The lowest BCUT2D eigenvalue weighted by Crippen LogP contribution is -2.37. The van der Waals surface area contributed by atoms with Crippen LogP contribution in [-0.4, -0.2) is 48.4 Å². The van der Waals surface area contributed by atoms with Crippen molar-refractivity contribution in [3.63, 3.8) is 0 Å². The first kappa shape index (κ1) is 20.7. The van der Waals surface area contributed by atoms with Crippen LogP contribution in [0.5, 0.6) is 11.5 Å². The SMILES string of the molecule is COc1ccc(-c2c(C)sc3nc(Cl)nc(N4CCC(C(=O)O)CC4)c23)cc1OC. The second-order valence-corrected chi connectivity index (χ2v) is 8.74. The molecule has 7 nitrogen and oxygen atoms in total. The average molecular weight is 448 g/mol. The molecule has 4 rings (SSSR count). The van der Waals surface area contributed by atoms with Crippen LogP contribution in [0.2, 0.25) is 5.28 Å². The number of piperidine rings is 1. The molecule has 3 aromatic rings. The molecule has 3 heterocycles. The third-order valence-corrected chi connectivity index (χ3v) is 6.67. The number of benzene rings is 1. The molecule has 1 aliphatic rings. The number of fused-ring (bicyclic) bond motifs is 1. The van der Waals surface area contributed by atoms with Crippen molar-refractivity contribution in [2.45, 2.75) is 19.8 Å². The number of nitrogens with zero attached hydrogens (tertiary/aromatic N) is 3. The second kappa shape index (κ2) is 8.28. The molecule has 0 spiro atoms. The Bertz CT molecular complexity index is 1110. The van der Waals surface area contributed by atoms with Gasteiger partial charge in [-0.3, -0.25) is 4.79 Å². The van der Waals surface area contributed by atoms with E-state index in [9.17, 15) is 9.90 Å². The average Bonchev–Trinajstić information content (AvgIpc) is 3.08. The van der Waals surface area contributed by atoms with E-state index in [1.807, 2.05) is 25.1 Å². The predicted molar refractivity (Wildman–Crippen MR) is 118 cm³/mol. The number of rotatable bonds is 5. The van der Waals surface area contributed by atoms with Crippen molar-refractivity contribution in [1.82, 2.24) is 9.97 Å². The number of ether oxygens (including phenoxy) is 2. The highest BCUT2D eigenvalue weighted by Gasteiger charge is 2.28. The van der Waals surface area contributed by atoms with Crippen LogP contribution in [0.25, 0.3) is 21.3 Å². The molecule has 0 saturated carbocycles. The topological polar surface area (TPSA) is 84.8 Å². The Balaban J connectivity index is 1.84. The van der Waals surface area contributed by atoms with Crippen LogP contribution in [0.4, 0.5) is 5.82 Å². The van der Waals surface area contributed by atoms with Gasteiger partial charge < -0.3 is 19.5 Å². The largest absolute Gasteiger partial charge is 0.493 e. The number of hydrogen-bond donors (Lipinski definition) is 1. The smallest absolute Gasteiger partial charge is 0.306 e. The number of methoxy groups -OCH3 is 2. The number of aryl methyl sites for hydroxylation is 1. The first-order valence-electron chi connectivity index (χ1n) is 9.59. The van der Waals surface area contributed by atoms with Crippen LogP contribution in [0.1, 0.15) is 17.7 Å². The molecular weight excluding hydrogens is 426 g/mol. The summed E-state index contributed by atoms with van der Waals surface area (Å²) in [6, 6.07) is 5.82. The summed E-state index contributed by atoms with van der Waals surface area (Å²) in [5.41, 5.74) is 2.01. The normalized spacial score (nSPS) is 14.9. The molecule has 2 aromatic heterocycles. The van der Waals surface area contributed by atoms with E-state index in [0.29, 0.717) is 37.4 Å². The summed E-state index contributed by atoms with van der Waals surface area (Å²) in [5.74, 6) is 1.01. The minimum absolute atomic E-state index is 0.193. The molecule has 1 N–H and O–H groups in total. The number of aromatic nitrogens is 2. The molecule has 1 aromatic carbocycles. The van der Waals surface area contributed by atoms with E-state index in [2.05, 4.69) is 14.9 Å². The first-order valence-corrected chi connectivity index (χ1v) is 10.8. The summed E-state index contributed by atoms with van der Waals surface area (Å²) in [6.45, 7) is 3.27. The zero-order valence-corrected chi connectivity index (χ0v) is 18.5. The minimum Gasteiger partial charge on any atom is -0.493 e. The fourth-order valence-corrected chi connectivity index (χ4v) is 5.23. The van der Waals surface area contributed by atoms with Crippen molar-refractivity contribution in [1.29, 1.82) is 0 Å². The summed E-state index contributed by atoms with van der Waals surface area (Å²) in [6.07, 6.45) is 1.15. The van der Waals surface area contributed by atoms with Gasteiger partial charge in [0, 0.05) is 23.5 Å². The van der Waals surface area contributed by atoms with Crippen molar-refractivity contribution in [3.05, 3.63) is 28.4 Å². The van der Waals surface area contributed by atoms with E-state index in [0.717, 1.165) is 32.0 Å². The van der Waals surface area contributed by atoms with Gasteiger partial charge in [0.1, 0.15) is 10.6 Å². The summed E-state index contributed by atoms with van der Waals surface area (Å²) < 4.78 is 10.9. The van der Waals surface area contributed by atoms with Gasteiger partial charge in [0.05, 0.1) is 25.5 Å². The number of carboxylic acid groups (broad SMARTS) is 1. The maximum atomic E-state index is 11.3. The van der Waals surface area contributed by atoms with Crippen molar-refractivity contribution in [2.24, 2.45) is 5.92 Å². The number of halogens is 1. The molecule has 9 heteroatoms. The lowest BCUT2D eigenvalue weighted by atomic mass is 9.96. The molecular formula is C21H22ClN3O4S. The van der Waals surface area contributed by atoms with Gasteiger partial charge in [-0.1, -0.05) is 6.07 Å². The van der Waals surface area contributed by atoms with E-state index in [-0.39, 0.29) is 11.2 Å². The Morgan fingerprint density at radius 1 is 1.20 bits per heavy atom. The van der Waals surface area contributed by atoms with Gasteiger partial charge in [0.25, 0.3) is 0 Å². The van der Waals surface area contributed by atoms with Gasteiger partial charge >= 0.3 is 5.97 Å². The molecule has 0 aliphatic carbocycles. The van der Waals surface area contributed by atoms with E-state index >= 15 is 0 Å². The summed E-state index contributed by atoms with van der Waals surface area (Å²) >= 11 is 7.81. The molecule has 0 radical (unpaired) electrons. The molecule has 1 saturated heterocycles. The van der Waals surface area contributed by atoms with Crippen molar-refractivity contribution >= 4 is 44.9 Å². The van der Waals surface area contributed by atoms with Crippen molar-refractivity contribution < 1.29 is 19.4 Å². The van der Waals surface area contributed by atoms with Gasteiger partial charge in [-0.15, -0.1) is 11.3 Å². The molecule has 0 unspecified atom stereocenters. The van der Waals surface area contributed by atoms with Crippen LogP contribution in [0.3, 0.4) is 0 Å². The molecule has 1 aliphatic heterocycles. The van der Waals surface area contributed by atoms with Gasteiger partial charge in [0.2, 0.25) is 5.28 Å². The third-order valence-electron chi connectivity index (χ3n) is 5.50. The van der Waals surface area contributed by atoms with Crippen LogP contribution in [0, 0.1) is 12.8 Å². The number of hydrogen-bond acceptors (Lipinski definition) is 7. The standard InChI is InChI=1S/C21H22ClN3O4S/c1-11-16(13-4-5-14(28-2)15(10-13)29-3)17-18(23-21(22)24-19(17)30-11)25-8-6-12(7-9-25)20(26)27/h4-5,10,12H,6-9H2,1-3H3,(H,26,27). The summed E-state index contributed by atoms with van der Waals surface area (Å²) in [7, 11) is 3.22. The zero-order chi connectivity index (χ0) is 21.4. The van der Waals surface area contributed by atoms with Crippen molar-refractivity contribution in [3.8, 4) is 22.6 Å². The van der Waals surface area contributed by atoms with Crippen molar-refractivity contribution in [2.75, 3.05) is 32.2 Å². The van der Waals surface area contributed by atoms with E-state index in [4.69, 9.17) is 21.1 Å². The van der Waals surface area contributed by atoms with Gasteiger partial charge in [-0.05, 0) is 49.1 Å². The number of carboxylic acids is 1. The second-order valence-electron chi connectivity index (χ2n) is 7.20. The lowest BCUT2D eigenvalue weighted by Gasteiger charge is -2.31. The van der Waals surface area contributed by atoms with E-state index in [1.54, 1.807) is 25.6 Å². The van der Waals surface area contributed by atoms with Crippen LogP contribution >= 0.6 is 22.9 Å². The Labute approximate surface area is 183 Å². The first-order chi connectivity index (χ1) is 14.4. The Kier molecular flexibility index (Phi) is 5.71. The summed E-state index contributed by atoms with van der Waals surface area (Å²) in [4.78, 5) is 24.4. The number of anilines is 1. The quantitative estimate of drug-likeness (QED) is 0.570. The van der Waals surface area contributed by atoms with Crippen LogP contribution in [-0.2, 0) is 4.79 Å². The molecule has 1 fully saturated rings. The maximum Gasteiger partial charge on any atom is 0.306 e. The fourth-order valence-electron chi connectivity index (χ4n) is 3.97. The number of carbonyl (C=O) groups is 1. The number of thiophene rings is 1. The molecule has 30 heavy (non-hydrogen) atoms. The molecule has 0 bridgehead atoms. The lowest BCUT2D eigenvalue weighted by molar-refractivity contribution is -0.142. The predicted octanol–water partition coefficient (Wildman–Crippen LogP) is 4.64. The van der Waals surface area contributed by atoms with E-state index < -0.39 is 5.97 Å². The Morgan fingerprint density at radius 3 is 2.53 bits per heavy atom. The van der Waals surface area contributed by atoms with Gasteiger partial charge in [-0.2, -0.15) is 4.98 Å². The zero-order valence-electron chi connectivity index (χ0n) is 16.9. The summed E-state index contributed by atoms with van der Waals surface area (Å²) in [5, 5.41) is 10.4.